The van der Waals surface area contributed by atoms with Gasteiger partial charge in [-0.05, 0) is 41.8 Å². The van der Waals surface area contributed by atoms with Crippen LogP contribution in [0.3, 0.4) is 0 Å². The Kier molecular flexibility index (Phi) is 6.58. The van der Waals surface area contributed by atoms with Gasteiger partial charge in [0.05, 0.1) is 17.6 Å². The molecule has 30 heavy (non-hydrogen) atoms. The first-order valence-electron chi connectivity index (χ1n) is 10.1. The van der Waals surface area contributed by atoms with E-state index in [-0.39, 0.29) is 12.3 Å². The van der Waals surface area contributed by atoms with Crippen molar-refractivity contribution in [3.63, 3.8) is 0 Å². The lowest BCUT2D eigenvalue weighted by Gasteiger charge is -2.17. The summed E-state index contributed by atoms with van der Waals surface area (Å²) in [6.45, 7) is 2.42. The second-order valence-electron chi connectivity index (χ2n) is 7.33. The van der Waals surface area contributed by atoms with Gasteiger partial charge in [-0.25, -0.2) is 0 Å². The Morgan fingerprint density at radius 2 is 1.83 bits per heavy atom. The number of carbonyl (C=O) groups excluding carboxylic acids is 2. The standard InChI is InChI=1S/C23H25NO4S2/c1-3-15-4-7-18(8-5-15)24-14-17(13-21(24)25)22(26)28-19-9-6-16(12-20(19)27-2)23-29-10-11-30-23/h4-9,12,17,23H,3,10-11,13-14H2,1-2H3. The van der Waals surface area contributed by atoms with E-state index in [2.05, 4.69) is 6.92 Å². The Morgan fingerprint density at radius 3 is 2.50 bits per heavy atom. The molecule has 2 aliphatic rings. The maximum absolute atomic E-state index is 12.8. The van der Waals surface area contributed by atoms with Crippen LogP contribution >= 0.6 is 23.5 Å². The summed E-state index contributed by atoms with van der Waals surface area (Å²) in [5.41, 5.74) is 3.20. The first-order chi connectivity index (χ1) is 14.6. The van der Waals surface area contributed by atoms with Gasteiger partial charge >= 0.3 is 5.97 Å². The Morgan fingerprint density at radius 1 is 1.10 bits per heavy atom. The zero-order valence-electron chi connectivity index (χ0n) is 17.1. The monoisotopic (exact) mass is 443 g/mol. The normalized spacial score (nSPS) is 19.3. The second kappa shape index (κ2) is 9.35. The number of methoxy groups -OCH3 is 1. The van der Waals surface area contributed by atoms with Crippen LogP contribution in [-0.4, -0.2) is 37.0 Å². The number of ether oxygens (including phenoxy) is 2. The predicted octanol–water partition coefficient (Wildman–Crippen LogP) is 4.69. The van der Waals surface area contributed by atoms with Crippen LogP contribution in [0.2, 0.25) is 0 Å². The molecule has 0 radical (unpaired) electrons. The molecule has 1 atom stereocenters. The van der Waals surface area contributed by atoms with Crippen LogP contribution in [0.5, 0.6) is 11.5 Å². The minimum Gasteiger partial charge on any atom is -0.493 e. The van der Waals surface area contributed by atoms with Crippen molar-refractivity contribution < 1.29 is 19.1 Å². The van der Waals surface area contributed by atoms with Gasteiger partial charge in [0.25, 0.3) is 0 Å². The van der Waals surface area contributed by atoms with Gasteiger partial charge in [0.15, 0.2) is 11.5 Å². The summed E-state index contributed by atoms with van der Waals surface area (Å²) < 4.78 is 11.5. The molecule has 0 bridgehead atoms. The topological polar surface area (TPSA) is 55.8 Å². The summed E-state index contributed by atoms with van der Waals surface area (Å²) in [6.07, 6.45) is 1.10. The van der Waals surface area contributed by atoms with Crippen LogP contribution in [0.15, 0.2) is 42.5 Å². The third-order valence-electron chi connectivity index (χ3n) is 5.41. The molecule has 158 valence electrons. The highest BCUT2D eigenvalue weighted by molar-refractivity contribution is 8.19. The fourth-order valence-corrected chi connectivity index (χ4v) is 6.52. The number of rotatable bonds is 6. The van der Waals surface area contributed by atoms with Crippen molar-refractivity contribution in [3.05, 3.63) is 53.6 Å². The van der Waals surface area contributed by atoms with Crippen molar-refractivity contribution in [2.45, 2.75) is 24.3 Å². The van der Waals surface area contributed by atoms with Crippen LogP contribution in [0, 0.1) is 5.92 Å². The molecule has 2 saturated heterocycles. The SMILES string of the molecule is CCc1ccc(N2CC(C(=O)Oc3ccc(C4SCCS4)cc3OC)CC2=O)cc1. The number of nitrogens with zero attached hydrogens (tertiary/aromatic N) is 1. The van der Waals surface area contributed by atoms with Gasteiger partial charge in [0, 0.05) is 30.2 Å². The highest BCUT2D eigenvalue weighted by Gasteiger charge is 2.36. The van der Waals surface area contributed by atoms with Crippen LogP contribution in [0.1, 0.15) is 29.1 Å². The number of amides is 1. The van der Waals surface area contributed by atoms with Crippen molar-refractivity contribution in [1.29, 1.82) is 0 Å². The zero-order valence-corrected chi connectivity index (χ0v) is 18.8. The average molecular weight is 444 g/mol. The molecule has 1 amide bonds. The summed E-state index contributed by atoms with van der Waals surface area (Å²) in [4.78, 5) is 26.9. The fourth-order valence-electron chi connectivity index (χ4n) is 3.68. The van der Waals surface area contributed by atoms with Crippen LogP contribution in [0.25, 0.3) is 0 Å². The highest BCUT2D eigenvalue weighted by atomic mass is 32.2. The molecular formula is C23H25NO4S2. The van der Waals surface area contributed by atoms with Gasteiger partial charge in [-0.1, -0.05) is 25.1 Å². The van der Waals surface area contributed by atoms with E-state index in [4.69, 9.17) is 9.47 Å². The Hall–Kier alpha value is -2.12. The molecule has 0 aromatic heterocycles. The van der Waals surface area contributed by atoms with Crippen molar-refractivity contribution in [2.24, 2.45) is 5.92 Å². The van der Waals surface area contributed by atoms with Crippen molar-refractivity contribution in [1.82, 2.24) is 0 Å². The Bertz CT molecular complexity index is 925. The van der Waals surface area contributed by atoms with E-state index >= 15 is 0 Å². The number of hydrogen-bond acceptors (Lipinski definition) is 6. The molecule has 0 aliphatic carbocycles. The van der Waals surface area contributed by atoms with Crippen LogP contribution in [0.4, 0.5) is 5.69 Å². The molecule has 7 heteroatoms. The lowest BCUT2D eigenvalue weighted by molar-refractivity contribution is -0.139. The van der Waals surface area contributed by atoms with E-state index in [0.717, 1.165) is 29.2 Å². The van der Waals surface area contributed by atoms with E-state index in [0.29, 0.717) is 22.6 Å². The third kappa shape index (κ3) is 4.47. The minimum atomic E-state index is -0.492. The molecule has 1 unspecified atom stereocenters. The van der Waals surface area contributed by atoms with E-state index in [1.807, 2.05) is 59.9 Å². The van der Waals surface area contributed by atoms with Crippen LogP contribution in [-0.2, 0) is 16.0 Å². The molecule has 5 nitrogen and oxygen atoms in total. The van der Waals surface area contributed by atoms with Crippen molar-refractivity contribution >= 4 is 41.1 Å². The van der Waals surface area contributed by atoms with Gasteiger partial charge in [-0.15, -0.1) is 23.5 Å². The average Bonchev–Trinajstić information content (AvgIpc) is 3.44. The van der Waals surface area contributed by atoms with E-state index in [1.54, 1.807) is 18.1 Å². The lowest BCUT2D eigenvalue weighted by Crippen LogP contribution is -2.27. The number of benzene rings is 2. The molecule has 2 heterocycles. The molecule has 0 spiro atoms. The van der Waals surface area contributed by atoms with Crippen LogP contribution < -0.4 is 14.4 Å². The third-order valence-corrected chi connectivity index (χ3v) is 8.51. The quantitative estimate of drug-likeness (QED) is 0.477. The molecular weight excluding hydrogens is 418 g/mol. The van der Waals surface area contributed by atoms with Gasteiger partial charge < -0.3 is 14.4 Å². The molecule has 4 rings (SSSR count). The number of aryl methyl sites for hydroxylation is 1. The van der Waals surface area contributed by atoms with Gasteiger partial charge in [-0.3, -0.25) is 9.59 Å². The largest absolute Gasteiger partial charge is 0.493 e. The van der Waals surface area contributed by atoms with E-state index in [1.165, 1.54) is 5.56 Å². The zero-order chi connectivity index (χ0) is 21.1. The van der Waals surface area contributed by atoms with Gasteiger partial charge in [0.2, 0.25) is 5.91 Å². The Labute approximate surface area is 185 Å². The lowest BCUT2D eigenvalue weighted by atomic mass is 10.1. The maximum Gasteiger partial charge on any atom is 0.316 e. The minimum absolute atomic E-state index is 0.0567. The molecule has 2 fully saturated rings. The summed E-state index contributed by atoms with van der Waals surface area (Å²) in [5.74, 6) is 2.28. The number of carbonyl (C=O) groups is 2. The van der Waals surface area contributed by atoms with Gasteiger partial charge in [0.1, 0.15) is 0 Å². The van der Waals surface area contributed by atoms with E-state index in [9.17, 15) is 9.59 Å². The number of esters is 1. The highest BCUT2D eigenvalue weighted by Crippen LogP contribution is 2.47. The first-order valence-corrected chi connectivity index (χ1v) is 12.2. The first kappa shape index (κ1) is 21.1. The molecule has 2 aromatic rings. The summed E-state index contributed by atoms with van der Waals surface area (Å²) in [5, 5.41) is 0. The van der Waals surface area contributed by atoms with Gasteiger partial charge in [-0.2, -0.15) is 0 Å². The molecule has 2 aromatic carbocycles. The summed E-state index contributed by atoms with van der Waals surface area (Å²) in [7, 11) is 1.58. The smallest absolute Gasteiger partial charge is 0.316 e. The van der Waals surface area contributed by atoms with Crippen molar-refractivity contribution in [3.8, 4) is 11.5 Å². The molecule has 0 N–H and O–H groups in total. The Balaban J connectivity index is 1.44. The fraction of sp³-hybridized carbons (Fsp3) is 0.391. The molecule has 2 aliphatic heterocycles. The summed E-state index contributed by atoms with van der Waals surface area (Å²) >= 11 is 3.82. The molecule has 0 saturated carbocycles. The number of anilines is 1. The number of thioether (sulfide) groups is 2. The number of hydrogen-bond donors (Lipinski definition) is 0. The van der Waals surface area contributed by atoms with Crippen molar-refractivity contribution in [2.75, 3.05) is 30.1 Å². The summed E-state index contributed by atoms with van der Waals surface area (Å²) in [6, 6.07) is 13.6. The van der Waals surface area contributed by atoms with E-state index < -0.39 is 11.9 Å². The maximum atomic E-state index is 12.8. The second-order valence-corrected chi connectivity index (χ2v) is 10.1. The predicted molar refractivity (Wildman–Crippen MR) is 123 cm³/mol.